The summed E-state index contributed by atoms with van der Waals surface area (Å²) in [5, 5.41) is 29.1. The van der Waals surface area contributed by atoms with Crippen molar-refractivity contribution < 1.29 is 24.0 Å². The quantitative estimate of drug-likeness (QED) is 0.377. The summed E-state index contributed by atoms with van der Waals surface area (Å²) in [6.07, 6.45) is 1.03. The number of amidine groups is 1. The molecule has 1 unspecified atom stereocenters. The number of amides is 1. The van der Waals surface area contributed by atoms with E-state index in [2.05, 4.69) is 31.4 Å². The van der Waals surface area contributed by atoms with Gasteiger partial charge in [-0.05, 0) is 34.1 Å². The van der Waals surface area contributed by atoms with E-state index in [0.29, 0.717) is 21.6 Å². The summed E-state index contributed by atoms with van der Waals surface area (Å²) < 4.78 is 6.13. The van der Waals surface area contributed by atoms with Gasteiger partial charge in [0.05, 0.1) is 17.6 Å². The summed E-state index contributed by atoms with van der Waals surface area (Å²) in [4.78, 5) is 32.6. The van der Waals surface area contributed by atoms with Crippen molar-refractivity contribution in [2.75, 3.05) is 0 Å². The van der Waals surface area contributed by atoms with E-state index in [1.54, 1.807) is 18.2 Å². The molecule has 0 bridgehead atoms. The van der Waals surface area contributed by atoms with Gasteiger partial charge in [-0.15, -0.1) is 5.10 Å². The number of furan rings is 1. The Hall–Kier alpha value is -2.99. The number of thioether (sulfide) groups is 1. The van der Waals surface area contributed by atoms with Crippen LogP contribution in [0.15, 0.2) is 49.4 Å². The van der Waals surface area contributed by atoms with Crippen LogP contribution in [0, 0.1) is 10.1 Å². The van der Waals surface area contributed by atoms with Gasteiger partial charge in [0.2, 0.25) is 5.91 Å². The number of carboxylic acids is 1. The number of nitrogens with one attached hydrogen (secondary N) is 1. The fourth-order valence-corrected chi connectivity index (χ4v) is 3.75. The molecule has 28 heavy (non-hydrogen) atoms. The number of hydrogen-bond donors (Lipinski definition) is 2. The van der Waals surface area contributed by atoms with Gasteiger partial charge in [0.25, 0.3) is 5.69 Å². The lowest BCUT2D eigenvalue weighted by Gasteiger charge is -2.00. The molecule has 2 aromatic rings. The van der Waals surface area contributed by atoms with Crippen LogP contribution in [-0.4, -0.2) is 38.5 Å². The Balaban J connectivity index is 1.69. The standard InChI is InChI=1S/C16H11BrN4O6S/c17-11-5-8(21(25)26)1-3-10(11)12-4-2-9(27-12)7-18-20-16-19-15(24)13(28-16)6-14(22)23/h1-5,7,13H,6H2,(H,22,23)(H,19,20,24)/b18-7+. The van der Waals surface area contributed by atoms with Crippen LogP contribution in [0.3, 0.4) is 0 Å². The summed E-state index contributed by atoms with van der Waals surface area (Å²) in [5.74, 6) is -0.649. The summed E-state index contributed by atoms with van der Waals surface area (Å²) >= 11 is 4.28. The van der Waals surface area contributed by atoms with E-state index in [1.165, 1.54) is 18.3 Å². The van der Waals surface area contributed by atoms with Crippen molar-refractivity contribution in [3.8, 4) is 11.3 Å². The van der Waals surface area contributed by atoms with Crippen LogP contribution in [-0.2, 0) is 9.59 Å². The Labute approximate surface area is 170 Å². The number of carbonyl (C=O) groups is 2. The zero-order chi connectivity index (χ0) is 20.3. The molecule has 12 heteroatoms. The van der Waals surface area contributed by atoms with Crippen molar-refractivity contribution >= 4 is 56.6 Å². The Kier molecular flexibility index (Phi) is 5.90. The molecule has 144 valence electrons. The number of nitrogens with zero attached hydrogens (tertiary/aromatic N) is 3. The first-order chi connectivity index (χ1) is 13.3. The van der Waals surface area contributed by atoms with Crippen molar-refractivity contribution in [2.24, 2.45) is 10.2 Å². The monoisotopic (exact) mass is 466 g/mol. The highest BCUT2D eigenvalue weighted by molar-refractivity contribution is 9.10. The van der Waals surface area contributed by atoms with Crippen LogP contribution >= 0.6 is 27.7 Å². The smallest absolute Gasteiger partial charge is 0.305 e. The average Bonchev–Trinajstić information content (AvgIpc) is 3.21. The summed E-state index contributed by atoms with van der Waals surface area (Å²) in [5.41, 5.74) is 0.587. The number of carboxylic acid groups (broad SMARTS) is 1. The van der Waals surface area contributed by atoms with Crippen LogP contribution in [0.25, 0.3) is 11.3 Å². The van der Waals surface area contributed by atoms with Crippen LogP contribution in [0.1, 0.15) is 12.2 Å². The zero-order valence-corrected chi connectivity index (χ0v) is 16.3. The lowest BCUT2D eigenvalue weighted by Crippen LogP contribution is -2.26. The lowest BCUT2D eigenvalue weighted by molar-refractivity contribution is -0.384. The number of carbonyl (C=O) groups excluding carboxylic acids is 1. The molecular weight excluding hydrogens is 456 g/mol. The lowest BCUT2D eigenvalue weighted by atomic mass is 10.1. The molecule has 2 heterocycles. The highest BCUT2D eigenvalue weighted by atomic mass is 79.9. The van der Waals surface area contributed by atoms with E-state index >= 15 is 0 Å². The molecule has 1 amide bonds. The third-order valence-electron chi connectivity index (χ3n) is 3.53. The Morgan fingerprint density at radius 2 is 2.21 bits per heavy atom. The zero-order valence-electron chi connectivity index (χ0n) is 13.9. The van der Waals surface area contributed by atoms with Crippen LogP contribution in [0.5, 0.6) is 0 Å². The minimum atomic E-state index is -1.07. The number of nitro benzene ring substituents is 1. The number of rotatable bonds is 6. The van der Waals surface area contributed by atoms with Gasteiger partial charge in [-0.25, -0.2) is 0 Å². The van der Waals surface area contributed by atoms with Crippen LogP contribution in [0.4, 0.5) is 5.69 Å². The molecule has 10 nitrogen and oxygen atoms in total. The number of benzene rings is 1. The van der Waals surface area contributed by atoms with E-state index in [-0.39, 0.29) is 17.3 Å². The van der Waals surface area contributed by atoms with Gasteiger partial charge in [-0.1, -0.05) is 11.8 Å². The van der Waals surface area contributed by atoms with Gasteiger partial charge in [0.15, 0.2) is 5.17 Å². The molecule has 1 aromatic heterocycles. The molecule has 1 aliphatic rings. The second kappa shape index (κ2) is 8.35. The second-order valence-electron chi connectivity index (χ2n) is 5.47. The van der Waals surface area contributed by atoms with Crippen molar-refractivity contribution in [1.82, 2.24) is 5.32 Å². The highest BCUT2D eigenvalue weighted by Gasteiger charge is 2.32. The normalized spacial score (nSPS) is 18.0. The third-order valence-corrected chi connectivity index (χ3v) is 5.25. The van der Waals surface area contributed by atoms with Crippen molar-refractivity contribution in [3.63, 3.8) is 0 Å². The van der Waals surface area contributed by atoms with Crippen molar-refractivity contribution in [3.05, 3.63) is 50.7 Å². The van der Waals surface area contributed by atoms with Gasteiger partial charge in [0.1, 0.15) is 16.8 Å². The summed E-state index contributed by atoms with van der Waals surface area (Å²) in [7, 11) is 0. The minimum absolute atomic E-state index is 0.0443. The van der Waals surface area contributed by atoms with E-state index in [0.717, 1.165) is 11.8 Å². The van der Waals surface area contributed by atoms with Gasteiger partial charge in [-0.2, -0.15) is 5.10 Å². The Bertz CT molecular complexity index is 1020. The van der Waals surface area contributed by atoms with E-state index in [4.69, 9.17) is 9.52 Å². The first-order valence-electron chi connectivity index (χ1n) is 7.68. The highest BCUT2D eigenvalue weighted by Crippen LogP contribution is 2.32. The van der Waals surface area contributed by atoms with Crippen molar-refractivity contribution in [1.29, 1.82) is 0 Å². The maximum atomic E-state index is 11.6. The maximum Gasteiger partial charge on any atom is 0.305 e. The van der Waals surface area contributed by atoms with Gasteiger partial charge >= 0.3 is 5.97 Å². The van der Waals surface area contributed by atoms with Gasteiger partial charge in [0, 0.05) is 22.2 Å². The first-order valence-corrected chi connectivity index (χ1v) is 9.35. The largest absolute Gasteiger partial charge is 0.481 e. The molecule has 0 spiro atoms. The molecule has 1 saturated heterocycles. The SMILES string of the molecule is O=C(O)CC1S/C(=N/N=C/c2ccc(-c3ccc([N+](=O)[O-])cc3Br)o2)NC1=O. The maximum absolute atomic E-state index is 11.6. The molecule has 2 N–H and O–H groups in total. The minimum Gasteiger partial charge on any atom is -0.481 e. The van der Waals surface area contributed by atoms with Crippen LogP contribution in [0.2, 0.25) is 0 Å². The number of aliphatic carboxylic acids is 1. The number of nitro groups is 1. The molecule has 3 rings (SSSR count). The van der Waals surface area contributed by atoms with Crippen LogP contribution < -0.4 is 5.32 Å². The Morgan fingerprint density at radius 3 is 2.89 bits per heavy atom. The summed E-state index contributed by atoms with van der Waals surface area (Å²) in [6, 6.07) is 7.63. The predicted octanol–water partition coefficient (Wildman–Crippen LogP) is 3.01. The van der Waals surface area contributed by atoms with Gasteiger partial charge < -0.3 is 14.8 Å². The van der Waals surface area contributed by atoms with E-state index in [1.807, 2.05) is 0 Å². The summed E-state index contributed by atoms with van der Waals surface area (Å²) in [6.45, 7) is 0. The first kappa shape index (κ1) is 19.8. The molecule has 0 radical (unpaired) electrons. The second-order valence-corrected chi connectivity index (χ2v) is 7.51. The van der Waals surface area contributed by atoms with E-state index < -0.39 is 22.0 Å². The molecular formula is C16H11BrN4O6S. The number of hydrogen-bond acceptors (Lipinski definition) is 8. The molecule has 0 aliphatic carbocycles. The van der Waals surface area contributed by atoms with Gasteiger partial charge in [-0.3, -0.25) is 19.7 Å². The fraction of sp³-hybridized carbons (Fsp3) is 0.125. The molecule has 0 saturated carbocycles. The molecule has 1 aromatic carbocycles. The topological polar surface area (TPSA) is 147 Å². The van der Waals surface area contributed by atoms with Crippen molar-refractivity contribution in [2.45, 2.75) is 11.7 Å². The average molecular weight is 467 g/mol. The molecule has 1 atom stereocenters. The predicted molar refractivity (Wildman–Crippen MR) is 105 cm³/mol. The van der Waals surface area contributed by atoms with E-state index in [9.17, 15) is 19.7 Å². The fourth-order valence-electron chi connectivity index (χ4n) is 2.27. The molecule has 1 fully saturated rings. The third kappa shape index (κ3) is 4.64. The number of halogens is 1. The Morgan fingerprint density at radius 1 is 1.43 bits per heavy atom. The number of non-ortho nitro benzene ring substituents is 1. The molecule has 1 aliphatic heterocycles.